The molecule has 5 aliphatic carbocycles. The van der Waals surface area contributed by atoms with Crippen molar-refractivity contribution in [1.29, 1.82) is 0 Å². The molecule has 2 heterocycles. The number of ether oxygens (including phenoxy) is 1. The smallest absolute Gasteiger partial charge is 0.309 e. The lowest BCUT2D eigenvalue weighted by atomic mass is 9.36. The number of esters is 1. The number of carbonyl (C=O) groups is 3. The van der Waals surface area contributed by atoms with Gasteiger partial charge in [0, 0.05) is 18.4 Å². The van der Waals surface area contributed by atoms with Crippen LogP contribution in [0.15, 0.2) is 49.2 Å². The maximum absolute atomic E-state index is 15.1. The van der Waals surface area contributed by atoms with Crippen LogP contribution in [-0.4, -0.2) is 50.5 Å². The summed E-state index contributed by atoms with van der Waals surface area (Å²) in [6.07, 6.45) is 18.3. The van der Waals surface area contributed by atoms with Gasteiger partial charge in [0.2, 0.25) is 5.91 Å². The van der Waals surface area contributed by atoms with Crippen molar-refractivity contribution >= 4 is 17.8 Å². The zero-order valence-electron chi connectivity index (χ0n) is 36.1. The summed E-state index contributed by atoms with van der Waals surface area (Å²) in [6, 6.07) is 10.4. The number of carboxylic acids is 1. The molecular formula is C50H75N3O5. The molecule has 8 nitrogen and oxygen atoms in total. The molecule has 1 aromatic carbocycles. The van der Waals surface area contributed by atoms with Crippen molar-refractivity contribution < 1.29 is 24.2 Å². The largest absolute Gasteiger partial charge is 0.481 e. The number of amides is 1. The molecule has 0 radical (unpaired) electrons. The highest BCUT2D eigenvalue weighted by molar-refractivity contribution is 5.84. The second kappa shape index (κ2) is 16.6. The maximum Gasteiger partial charge on any atom is 0.309 e. The predicted octanol–water partition coefficient (Wildman–Crippen LogP) is 11.8. The number of carbonyl (C=O) groups excluding carboxylic acids is 2. The Bertz CT molecular complexity index is 1800. The van der Waals surface area contributed by atoms with Crippen molar-refractivity contribution in [2.24, 2.45) is 56.7 Å². The van der Waals surface area contributed by atoms with Crippen molar-refractivity contribution in [3.05, 3.63) is 55.0 Å². The third-order valence-corrected chi connectivity index (χ3v) is 17.2. The van der Waals surface area contributed by atoms with E-state index in [1.54, 1.807) is 19.9 Å². The molecule has 8 rings (SSSR count). The summed E-state index contributed by atoms with van der Waals surface area (Å²) < 4.78 is 6.23. The van der Waals surface area contributed by atoms with Gasteiger partial charge in [-0.25, -0.2) is 4.98 Å². The first-order valence-corrected chi connectivity index (χ1v) is 22.4. The van der Waals surface area contributed by atoms with Crippen LogP contribution in [0.5, 0.6) is 0 Å². The Morgan fingerprint density at radius 1 is 0.914 bits per heavy atom. The lowest BCUT2D eigenvalue weighted by Gasteiger charge is -2.69. The molecule has 2 N–H and O–H groups in total. The van der Waals surface area contributed by atoms with E-state index >= 15 is 4.79 Å². The van der Waals surface area contributed by atoms with Crippen LogP contribution in [0.2, 0.25) is 0 Å². The molecule has 6 aliphatic rings. The molecule has 58 heavy (non-hydrogen) atoms. The van der Waals surface area contributed by atoms with Gasteiger partial charge in [0.1, 0.15) is 11.9 Å². The van der Waals surface area contributed by atoms with Crippen LogP contribution >= 0.6 is 0 Å². The summed E-state index contributed by atoms with van der Waals surface area (Å²) in [5.41, 5.74) is 1.26. The highest BCUT2D eigenvalue weighted by atomic mass is 16.5. The van der Waals surface area contributed by atoms with Crippen molar-refractivity contribution in [3.63, 3.8) is 0 Å². The zero-order chi connectivity index (χ0) is 41.0. The molecule has 1 amide bonds. The number of nitrogens with one attached hydrogen (secondary N) is 1. The number of aliphatic carboxylic acids is 1. The van der Waals surface area contributed by atoms with Crippen molar-refractivity contribution in [2.45, 2.75) is 164 Å². The van der Waals surface area contributed by atoms with Crippen LogP contribution in [0.4, 0.5) is 0 Å². The van der Waals surface area contributed by atoms with E-state index in [-0.39, 0.29) is 60.0 Å². The number of hydrogen-bond donors (Lipinski definition) is 2. The number of rotatable bonds is 8. The molecule has 5 saturated carbocycles. The number of fused-ring (bicyclic) bond motifs is 7. The van der Waals surface area contributed by atoms with Crippen LogP contribution in [0, 0.1) is 56.7 Å². The minimum Gasteiger partial charge on any atom is -0.481 e. The first-order chi connectivity index (χ1) is 27.0. The Balaban J connectivity index is 0.00000138. The summed E-state index contributed by atoms with van der Waals surface area (Å²) >= 11 is 0. The minimum atomic E-state index is -0.944. The molecule has 0 spiro atoms. The van der Waals surface area contributed by atoms with Crippen LogP contribution < -0.4 is 0 Å². The van der Waals surface area contributed by atoms with Gasteiger partial charge in [0.25, 0.3) is 0 Å². The molecule has 8 heteroatoms. The molecule has 320 valence electrons. The SMILES string of the molecule is C.C=CC.CC(C)(CCC(=O)OC1CCC2(C)C(CCC3(C)C4CCC5(C(=O)N6CCCC6c6ncc(-c7ccccc7)[nH]6)CCCC5C4CCC32)C1(C)C)C(=O)O. The Hall–Kier alpha value is -3.42. The topological polar surface area (TPSA) is 113 Å². The fraction of sp³-hybridized carbons (Fsp3) is 0.720. The standard InChI is InChI=1S/C46H65N3O5.C3H6.CH4/c1-42(2,41(52)53)23-21-38(50)54-37-20-25-45(6)35(43(37,3)4)19-24-44(5)31-18-26-46(22-10-14-32(46)30(31)16-17-36(44)45)40(51)49-27-11-15-34(49)39-47-28-33(48-39)29-12-8-7-9-13-29;1-3-2;/h7-9,12-13,28,30-32,34-37H,10-11,14-27H2,1-6H3,(H,47,48)(H,52,53);3H,1H2,2H3;1H4. The lowest BCUT2D eigenvalue weighted by Crippen LogP contribution is -2.64. The first kappa shape index (κ1) is 44.1. The van der Waals surface area contributed by atoms with Crippen LogP contribution in [0.3, 0.4) is 0 Å². The summed E-state index contributed by atoms with van der Waals surface area (Å²) in [4.78, 5) is 50.5. The van der Waals surface area contributed by atoms with Gasteiger partial charge in [-0.1, -0.05) is 78.0 Å². The van der Waals surface area contributed by atoms with E-state index in [1.807, 2.05) is 19.2 Å². The van der Waals surface area contributed by atoms with E-state index in [9.17, 15) is 14.7 Å². The van der Waals surface area contributed by atoms with Crippen LogP contribution in [0.1, 0.15) is 164 Å². The van der Waals surface area contributed by atoms with Crippen LogP contribution in [-0.2, 0) is 19.1 Å². The number of imidazole rings is 1. The van der Waals surface area contributed by atoms with Gasteiger partial charge in [0.05, 0.1) is 28.8 Å². The van der Waals surface area contributed by atoms with E-state index in [1.165, 1.54) is 32.1 Å². The first-order valence-electron chi connectivity index (χ1n) is 22.4. The minimum absolute atomic E-state index is 0. The molecule has 6 fully saturated rings. The number of aromatic amines is 1. The Morgan fingerprint density at radius 3 is 2.33 bits per heavy atom. The van der Waals surface area contributed by atoms with Gasteiger partial charge in [-0.3, -0.25) is 14.4 Å². The highest BCUT2D eigenvalue weighted by Crippen LogP contribution is 2.73. The molecule has 1 aromatic heterocycles. The van der Waals surface area contributed by atoms with Crippen molar-refractivity contribution in [1.82, 2.24) is 14.9 Å². The van der Waals surface area contributed by atoms with Gasteiger partial charge >= 0.3 is 11.9 Å². The quantitative estimate of drug-likeness (QED) is 0.203. The fourth-order valence-electron chi connectivity index (χ4n) is 14.4. The fourth-order valence-corrected chi connectivity index (χ4v) is 14.4. The summed E-state index contributed by atoms with van der Waals surface area (Å²) in [7, 11) is 0. The number of allylic oxidation sites excluding steroid dienone is 1. The lowest BCUT2D eigenvalue weighted by molar-refractivity contribution is -0.222. The molecule has 1 aliphatic heterocycles. The Morgan fingerprint density at radius 2 is 1.62 bits per heavy atom. The van der Waals surface area contributed by atoms with Crippen molar-refractivity contribution in [2.75, 3.05) is 6.54 Å². The van der Waals surface area contributed by atoms with Gasteiger partial charge < -0.3 is 19.7 Å². The molecule has 10 unspecified atom stereocenters. The summed E-state index contributed by atoms with van der Waals surface area (Å²) in [5.74, 6) is 3.06. The second-order valence-electron chi connectivity index (χ2n) is 20.8. The monoisotopic (exact) mass is 798 g/mol. The number of H-pyrrole nitrogens is 1. The van der Waals surface area contributed by atoms with E-state index in [0.29, 0.717) is 35.5 Å². The van der Waals surface area contributed by atoms with E-state index in [0.717, 1.165) is 75.0 Å². The van der Waals surface area contributed by atoms with E-state index < -0.39 is 11.4 Å². The van der Waals surface area contributed by atoms with Gasteiger partial charge in [0.15, 0.2) is 0 Å². The number of nitrogens with zero attached hydrogens (tertiary/aromatic N) is 2. The third-order valence-electron chi connectivity index (χ3n) is 17.2. The normalized spacial score (nSPS) is 36.1. The number of likely N-dealkylation sites (tertiary alicyclic amines) is 1. The predicted molar refractivity (Wildman–Crippen MR) is 232 cm³/mol. The molecule has 2 aromatic rings. The van der Waals surface area contributed by atoms with E-state index in [2.05, 4.69) is 68.4 Å². The number of benzene rings is 1. The van der Waals surface area contributed by atoms with Gasteiger partial charge in [-0.05, 0) is 150 Å². The number of aromatic nitrogens is 2. The second-order valence-corrected chi connectivity index (χ2v) is 20.8. The maximum atomic E-state index is 15.1. The Kier molecular flexibility index (Phi) is 12.6. The van der Waals surface area contributed by atoms with Gasteiger partial charge in [-0.15, -0.1) is 6.58 Å². The zero-order valence-corrected chi connectivity index (χ0v) is 36.1. The number of hydrogen-bond acceptors (Lipinski definition) is 5. The number of carboxylic acid groups (broad SMARTS) is 1. The average molecular weight is 798 g/mol. The average Bonchev–Trinajstić information content (AvgIpc) is 3.96. The van der Waals surface area contributed by atoms with Crippen LogP contribution in [0.25, 0.3) is 11.3 Å². The molecule has 10 atom stereocenters. The third kappa shape index (κ3) is 7.39. The van der Waals surface area contributed by atoms with Gasteiger partial charge in [-0.2, -0.15) is 0 Å². The van der Waals surface area contributed by atoms with Crippen molar-refractivity contribution in [3.8, 4) is 11.3 Å². The summed E-state index contributed by atoms with van der Waals surface area (Å²) in [6.45, 7) is 19.3. The summed E-state index contributed by atoms with van der Waals surface area (Å²) in [5, 5.41) is 9.54. The Labute approximate surface area is 349 Å². The highest BCUT2D eigenvalue weighted by Gasteiger charge is 2.68. The molecule has 0 bridgehead atoms. The molecular weight excluding hydrogens is 723 g/mol. The van der Waals surface area contributed by atoms with E-state index in [4.69, 9.17) is 9.72 Å². The molecule has 1 saturated heterocycles.